The van der Waals surface area contributed by atoms with Crippen LogP contribution < -0.4 is 0 Å². The number of hydrogen-bond acceptors (Lipinski definition) is 0. The lowest BCUT2D eigenvalue weighted by atomic mass is 10.0. The summed E-state index contributed by atoms with van der Waals surface area (Å²) in [4.78, 5) is 0. The zero-order valence-corrected chi connectivity index (χ0v) is 11.4. The van der Waals surface area contributed by atoms with E-state index in [0.717, 1.165) is 0 Å². The Bertz CT molecular complexity index is 456. The molecule has 0 radical (unpaired) electrons. The van der Waals surface area contributed by atoms with Crippen molar-refractivity contribution >= 4 is 6.21 Å². The van der Waals surface area contributed by atoms with E-state index in [2.05, 4.69) is 42.1 Å². The monoisotopic (exact) mass is 244 g/mol. The molecule has 0 spiro atoms. The van der Waals surface area contributed by atoms with Crippen molar-refractivity contribution in [3.05, 3.63) is 35.4 Å². The molecule has 3 rings (SSSR count). The molecule has 0 N–H and O–H groups in total. The first-order chi connectivity index (χ1) is 8.75. The van der Waals surface area contributed by atoms with E-state index in [1.54, 1.807) is 0 Å². The quantitative estimate of drug-likeness (QED) is 0.564. The van der Waals surface area contributed by atoms with E-state index in [-0.39, 0.29) is 0 Å². The molecule has 0 atom stereocenters. The van der Waals surface area contributed by atoms with Crippen LogP contribution in [0.2, 0.25) is 0 Å². The van der Waals surface area contributed by atoms with Crippen LogP contribution >= 0.6 is 0 Å². The second-order valence-electron chi connectivity index (χ2n) is 6.11. The summed E-state index contributed by atoms with van der Waals surface area (Å²) < 4.78 is 3.80. The summed E-state index contributed by atoms with van der Waals surface area (Å²) in [7, 11) is 2.42. The van der Waals surface area contributed by atoms with E-state index in [0.29, 0.717) is 0 Å². The van der Waals surface area contributed by atoms with E-state index in [9.17, 15) is 0 Å². The van der Waals surface area contributed by atoms with Crippen molar-refractivity contribution in [3.8, 4) is 0 Å². The Kier molecular flexibility index (Phi) is 3.21. The Morgan fingerprint density at radius 1 is 1.17 bits per heavy atom. The Balaban J connectivity index is 1.66. The van der Waals surface area contributed by atoms with E-state index >= 15 is 0 Å². The second-order valence-corrected chi connectivity index (χ2v) is 6.11. The fourth-order valence-corrected chi connectivity index (χ4v) is 3.28. The first kappa shape index (κ1) is 11.9. The Hall–Kier alpha value is -1.15. The molecule has 2 nitrogen and oxygen atoms in total. The predicted octanol–water partition coefficient (Wildman–Crippen LogP) is 1.91. The van der Waals surface area contributed by atoms with Gasteiger partial charge in [0.25, 0.3) is 0 Å². The fourth-order valence-electron chi connectivity index (χ4n) is 3.28. The van der Waals surface area contributed by atoms with Gasteiger partial charge >= 0.3 is 0 Å². The summed E-state index contributed by atoms with van der Waals surface area (Å²) in [6, 6.07) is 8.80. The highest BCUT2D eigenvalue weighted by Gasteiger charge is 2.28. The van der Waals surface area contributed by atoms with Crippen molar-refractivity contribution < 1.29 is 9.06 Å². The lowest BCUT2D eigenvalue weighted by Crippen LogP contribution is -2.45. The maximum atomic E-state index is 2.52. The molecule has 0 aliphatic carbocycles. The van der Waals surface area contributed by atoms with Gasteiger partial charge in [-0.15, -0.1) is 0 Å². The minimum absolute atomic E-state index is 1.19. The van der Waals surface area contributed by atoms with Crippen molar-refractivity contribution in [2.45, 2.75) is 19.3 Å². The van der Waals surface area contributed by atoms with E-state index in [4.69, 9.17) is 0 Å². The van der Waals surface area contributed by atoms with Gasteiger partial charge in [0.2, 0.25) is 0 Å². The highest BCUT2D eigenvalue weighted by atomic mass is 15.3. The lowest BCUT2D eigenvalue weighted by Gasteiger charge is -2.28. The van der Waals surface area contributed by atoms with Gasteiger partial charge in [0.15, 0.2) is 12.8 Å². The van der Waals surface area contributed by atoms with E-state index < -0.39 is 0 Å². The van der Waals surface area contributed by atoms with Crippen LogP contribution in [0.1, 0.15) is 24.0 Å². The molecule has 0 aromatic heterocycles. The van der Waals surface area contributed by atoms with Crippen molar-refractivity contribution in [1.82, 2.24) is 0 Å². The molecule has 96 valence electrons. The van der Waals surface area contributed by atoms with Gasteiger partial charge in [0.1, 0.15) is 13.1 Å². The summed E-state index contributed by atoms with van der Waals surface area (Å²) in [5, 5.41) is 0. The predicted molar refractivity (Wildman–Crippen MR) is 75.3 cm³/mol. The van der Waals surface area contributed by atoms with Crippen molar-refractivity contribution in [2.75, 3.05) is 39.8 Å². The molecule has 1 aromatic rings. The third-order valence-corrected chi connectivity index (χ3v) is 4.62. The van der Waals surface area contributed by atoms with Crippen LogP contribution in [-0.2, 0) is 6.42 Å². The summed E-state index contributed by atoms with van der Waals surface area (Å²) in [6.07, 6.45) is 6.41. The number of likely N-dealkylation sites (tertiary alicyclic amines) is 1. The van der Waals surface area contributed by atoms with Crippen LogP contribution in [-0.4, -0.2) is 55.0 Å². The van der Waals surface area contributed by atoms with E-state index in [1.807, 2.05) is 0 Å². The van der Waals surface area contributed by atoms with Crippen LogP contribution in [0.3, 0.4) is 0 Å². The van der Waals surface area contributed by atoms with Crippen LogP contribution in [0, 0.1) is 0 Å². The molecule has 0 saturated carbocycles. The summed E-state index contributed by atoms with van der Waals surface area (Å²) in [5.74, 6) is 0. The molecule has 0 amide bonds. The van der Waals surface area contributed by atoms with Crippen LogP contribution in [0.5, 0.6) is 0 Å². The van der Waals surface area contributed by atoms with Gasteiger partial charge in [0.05, 0.1) is 20.1 Å². The van der Waals surface area contributed by atoms with Gasteiger partial charge in [-0.3, -0.25) is 0 Å². The molecule has 2 aliphatic heterocycles. The van der Waals surface area contributed by atoms with Crippen LogP contribution in [0.4, 0.5) is 0 Å². The average molecular weight is 244 g/mol. The molecule has 2 heteroatoms. The number of benzene rings is 1. The van der Waals surface area contributed by atoms with Crippen LogP contribution in [0.15, 0.2) is 24.3 Å². The van der Waals surface area contributed by atoms with Gasteiger partial charge in [0, 0.05) is 24.8 Å². The molecule has 2 aliphatic rings. The fraction of sp³-hybridized carbons (Fsp3) is 0.562. The number of quaternary nitrogens is 1. The standard InChI is InChI=1S/C16H24N2/c1-18(11-4-5-12-18)13-10-17-9-8-15-6-2-3-7-16(15)14-17/h2-3,6-7,14H,4-5,8-13H2,1H3/q+2. The van der Waals surface area contributed by atoms with Gasteiger partial charge in [-0.1, -0.05) is 18.2 Å². The first-order valence-electron chi connectivity index (χ1n) is 7.26. The summed E-state index contributed by atoms with van der Waals surface area (Å²) >= 11 is 0. The molecule has 2 heterocycles. The number of nitrogens with zero attached hydrogens (tertiary/aromatic N) is 2. The molecule has 1 fully saturated rings. The second kappa shape index (κ2) is 4.85. The topological polar surface area (TPSA) is 3.01 Å². The number of fused-ring (bicyclic) bond motifs is 1. The highest BCUT2D eigenvalue weighted by Crippen LogP contribution is 2.16. The molecule has 18 heavy (non-hydrogen) atoms. The third-order valence-electron chi connectivity index (χ3n) is 4.62. The Morgan fingerprint density at radius 3 is 2.78 bits per heavy atom. The minimum Gasteiger partial charge on any atom is -0.321 e. The van der Waals surface area contributed by atoms with E-state index in [1.165, 1.54) is 67.6 Å². The minimum atomic E-state index is 1.19. The Labute approximate surface area is 110 Å². The number of rotatable bonds is 3. The zero-order chi connectivity index (χ0) is 12.4. The average Bonchev–Trinajstić information content (AvgIpc) is 2.84. The van der Waals surface area contributed by atoms with Crippen molar-refractivity contribution in [2.24, 2.45) is 0 Å². The van der Waals surface area contributed by atoms with Gasteiger partial charge < -0.3 is 4.48 Å². The normalized spacial score (nSPS) is 21.5. The SMILES string of the molecule is C[N+]1(CC[N+]2=Cc3ccccc3CC2)CCCC1. The van der Waals surface area contributed by atoms with Gasteiger partial charge in [-0.2, -0.15) is 0 Å². The number of hydrogen-bond donors (Lipinski definition) is 0. The molecule has 0 unspecified atom stereocenters. The van der Waals surface area contributed by atoms with Crippen molar-refractivity contribution in [1.29, 1.82) is 0 Å². The highest BCUT2D eigenvalue weighted by molar-refractivity contribution is 5.78. The summed E-state index contributed by atoms with van der Waals surface area (Å²) in [6.45, 7) is 6.47. The molecule has 1 saturated heterocycles. The van der Waals surface area contributed by atoms with Crippen LogP contribution in [0.25, 0.3) is 0 Å². The summed E-state index contributed by atoms with van der Waals surface area (Å²) in [5.41, 5.74) is 2.93. The van der Waals surface area contributed by atoms with Gasteiger partial charge in [-0.05, 0) is 11.6 Å². The third kappa shape index (κ3) is 2.49. The largest absolute Gasteiger partial charge is 0.321 e. The molecular weight excluding hydrogens is 220 g/mol. The number of likely N-dealkylation sites (N-methyl/N-ethyl adjacent to an activating group) is 1. The smallest absolute Gasteiger partial charge is 0.191 e. The maximum Gasteiger partial charge on any atom is 0.191 e. The lowest BCUT2D eigenvalue weighted by molar-refractivity contribution is -0.904. The van der Waals surface area contributed by atoms with Gasteiger partial charge in [-0.25, -0.2) is 4.58 Å². The Morgan fingerprint density at radius 2 is 1.94 bits per heavy atom. The first-order valence-corrected chi connectivity index (χ1v) is 7.26. The maximum absolute atomic E-state index is 2.52. The molecule has 0 bridgehead atoms. The molecular formula is C16H24N2+2. The van der Waals surface area contributed by atoms with Crippen molar-refractivity contribution in [3.63, 3.8) is 0 Å². The molecule has 1 aromatic carbocycles. The zero-order valence-electron chi connectivity index (χ0n) is 11.4.